The van der Waals surface area contributed by atoms with E-state index in [-0.39, 0.29) is 12.1 Å². The van der Waals surface area contributed by atoms with Crippen LogP contribution in [0.15, 0.2) is 10.9 Å². The van der Waals surface area contributed by atoms with Gasteiger partial charge in [0.05, 0.1) is 11.6 Å². The normalized spacial score (nSPS) is 33.4. The maximum absolute atomic E-state index is 11.0. The maximum Gasteiger partial charge on any atom is 0.304 e. The third kappa shape index (κ3) is 2.83. The minimum atomic E-state index is -0.947. The van der Waals surface area contributed by atoms with Crippen molar-refractivity contribution in [2.45, 2.75) is 45.4 Å². The molecule has 1 aliphatic heterocycles. The topological polar surface area (TPSA) is 57.7 Å². The number of rotatable bonds is 2. The van der Waals surface area contributed by atoms with Crippen molar-refractivity contribution in [3.8, 4) is 0 Å². The first-order chi connectivity index (χ1) is 7.99. The lowest BCUT2D eigenvalue weighted by molar-refractivity contribution is -0.357. The predicted molar refractivity (Wildman–Crippen MR) is 61.3 cm³/mol. The van der Waals surface area contributed by atoms with Crippen LogP contribution >= 0.6 is 11.3 Å². The molecule has 1 fully saturated rings. The number of thiazole rings is 1. The number of aromatic nitrogens is 1. The summed E-state index contributed by atoms with van der Waals surface area (Å²) in [6.07, 6.45) is -0.109. The van der Waals surface area contributed by atoms with Crippen LogP contribution in [0.2, 0.25) is 0 Å². The van der Waals surface area contributed by atoms with Gasteiger partial charge in [-0.3, -0.25) is 4.79 Å². The molecule has 0 bridgehead atoms. The Morgan fingerprint density at radius 2 is 2.41 bits per heavy atom. The Kier molecular flexibility index (Phi) is 3.46. The van der Waals surface area contributed by atoms with Crippen molar-refractivity contribution in [3.05, 3.63) is 16.6 Å². The van der Waals surface area contributed by atoms with E-state index in [1.807, 2.05) is 12.3 Å². The summed E-state index contributed by atoms with van der Waals surface area (Å²) in [6, 6.07) is 0. The van der Waals surface area contributed by atoms with Gasteiger partial charge >= 0.3 is 5.97 Å². The Bertz CT molecular complexity index is 394. The largest absolute Gasteiger partial charge is 0.436 e. The molecule has 3 atom stereocenters. The highest BCUT2D eigenvalue weighted by molar-refractivity contribution is 7.07. The van der Waals surface area contributed by atoms with Crippen molar-refractivity contribution in [2.75, 3.05) is 0 Å². The molecule has 3 unspecified atom stereocenters. The fourth-order valence-corrected chi connectivity index (χ4v) is 2.48. The van der Waals surface area contributed by atoms with E-state index < -0.39 is 12.1 Å². The van der Waals surface area contributed by atoms with Gasteiger partial charge in [0, 0.05) is 18.7 Å². The standard InChI is InChI=1S/C11H15NO4S/c1-7-4-10(14-8(2)13)16-11(3,15-7)9-5-17-6-12-9/h5-7,10H,4H2,1-3H3. The zero-order valence-corrected chi connectivity index (χ0v) is 10.8. The number of esters is 1. The fourth-order valence-electron chi connectivity index (χ4n) is 1.84. The Morgan fingerprint density at radius 3 is 3.00 bits per heavy atom. The van der Waals surface area contributed by atoms with Gasteiger partial charge in [-0.05, 0) is 13.8 Å². The molecule has 1 aromatic heterocycles. The Balaban J connectivity index is 2.15. The summed E-state index contributed by atoms with van der Waals surface area (Å²) in [5.41, 5.74) is 2.42. The van der Waals surface area contributed by atoms with Crippen LogP contribution in [0.3, 0.4) is 0 Å². The molecule has 1 saturated heterocycles. The summed E-state index contributed by atoms with van der Waals surface area (Å²) < 4.78 is 16.5. The van der Waals surface area contributed by atoms with Crippen molar-refractivity contribution in [2.24, 2.45) is 0 Å². The van der Waals surface area contributed by atoms with E-state index in [2.05, 4.69) is 4.98 Å². The lowest BCUT2D eigenvalue weighted by Gasteiger charge is -2.39. The molecule has 6 heteroatoms. The first-order valence-electron chi connectivity index (χ1n) is 5.41. The van der Waals surface area contributed by atoms with E-state index in [1.54, 1.807) is 12.4 Å². The molecule has 0 amide bonds. The third-order valence-corrected chi connectivity index (χ3v) is 3.09. The van der Waals surface area contributed by atoms with Gasteiger partial charge in [-0.2, -0.15) is 0 Å². The summed E-state index contributed by atoms with van der Waals surface area (Å²) >= 11 is 1.47. The van der Waals surface area contributed by atoms with Crippen LogP contribution in [0, 0.1) is 0 Å². The molecule has 5 nitrogen and oxygen atoms in total. The monoisotopic (exact) mass is 257 g/mol. The minimum absolute atomic E-state index is 0.0557. The number of nitrogens with zero attached hydrogens (tertiary/aromatic N) is 1. The molecule has 0 radical (unpaired) electrons. The maximum atomic E-state index is 11.0. The van der Waals surface area contributed by atoms with E-state index in [4.69, 9.17) is 14.2 Å². The zero-order chi connectivity index (χ0) is 12.5. The molecule has 1 aromatic rings. The summed E-state index contributed by atoms with van der Waals surface area (Å²) in [6.45, 7) is 5.07. The van der Waals surface area contributed by atoms with Crippen LogP contribution < -0.4 is 0 Å². The highest BCUT2D eigenvalue weighted by Gasteiger charge is 2.41. The van der Waals surface area contributed by atoms with E-state index in [1.165, 1.54) is 18.3 Å². The molecule has 0 spiro atoms. The van der Waals surface area contributed by atoms with E-state index in [0.717, 1.165) is 0 Å². The average molecular weight is 257 g/mol. The summed E-state index contributed by atoms with van der Waals surface area (Å²) in [7, 11) is 0. The van der Waals surface area contributed by atoms with Crippen molar-refractivity contribution >= 4 is 17.3 Å². The van der Waals surface area contributed by atoms with Gasteiger partial charge in [-0.15, -0.1) is 11.3 Å². The van der Waals surface area contributed by atoms with Crippen LogP contribution in [-0.4, -0.2) is 23.3 Å². The van der Waals surface area contributed by atoms with E-state index in [0.29, 0.717) is 12.1 Å². The highest BCUT2D eigenvalue weighted by Crippen LogP contribution is 2.35. The van der Waals surface area contributed by atoms with Crippen molar-refractivity contribution in [3.63, 3.8) is 0 Å². The molecule has 2 heterocycles. The van der Waals surface area contributed by atoms with Crippen molar-refractivity contribution in [1.82, 2.24) is 4.98 Å². The number of carbonyl (C=O) groups is 1. The van der Waals surface area contributed by atoms with Crippen LogP contribution in [0.25, 0.3) is 0 Å². The van der Waals surface area contributed by atoms with Crippen LogP contribution in [0.1, 0.15) is 32.9 Å². The lowest BCUT2D eigenvalue weighted by atomic mass is 10.1. The molecule has 2 rings (SSSR count). The lowest BCUT2D eigenvalue weighted by Crippen LogP contribution is -2.45. The van der Waals surface area contributed by atoms with Gasteiger partial charge in [0.15, 0.2) is 0 Å². The first kappa shape index (κ1) is 12.5. The molecular formula is C11H15NO4S. The van der Waals surface area contributed by atoms with Gasteiger partial charge in [-0.25, -0.2) is 4.98 Å². The number of hydrogen-bond donors (Lipinski definition) is 0. The summed E-state index contributed by atoms with van der Waals surface area (Å²) in [4.78, 5) is 15.1. The quantitative estimate of drug-likeness (QED) is 0.759. The van der Waals surface area contributed by atoms with Crippen molar-refractivity contribution < 1.29 is 19.0 Å². The second kappa shape index (κ2) is 4.72. The molecular weight excluding hydrogens is 242 g/mol. The third-order valence-electron chi connectivity index (χ3n) is 2.50. The number of ether oxygens (including phenoxy) is 3. The van der Waals surface area contributed by atoms with Gasteiger partial charge in [-0.1, -0.05) is 0 Å². The molecule has 0 saturated carbocycles. The van der Waals surface area contributed by atoms with Crippen LogP contribution in [-0.2, 0) is 24.8 Å². The van der Waals surface area contributed by atoms with Crippen LogP contribution in [0.4, 0.5) is 0 Å². The minimum Gasteiger partial charge on any atom is -0.436 e. The van der Waals surface area contributed by atoms with Crippen LogP contribution in [0.5, 0.6) is 0 Å². The van der Waals surface area contributed by atoms with Gasteiger partial charge in [0.1, 0.15) is 5.69 Å². The second-order valence-electron chi connectivity index (χ2n) is 4.14. The Morgan fingerprint density at radius 1 is 1.65 bits per heavy atom. The zero-order valence-electron chi connectivity index (χ0n) is 10.0. The van der Waals surface area contributed by atoms with E-state index >= 15 is 0 Å². The van der Waals surface area contributed by atoms with Gasteiger partial charge in [0.25, 0.3) is 0 Å². The van der Waals surface area contributed by atoms with E-state index in [9.17, 15) is 4.79 Å². The molecule has 94 valence electrons. The molecule has 0 aliphatic carbocycles. The van der Waals surface area contributed by atoms with Crippen molar-refractivity contribution in [1.29, 1.82) is 0 Å². The Hall–Kier alpha value is -0.980. The molecule has 0 aromatic carbocycles. The smallest absolute Gasteiger partial charge is 0.304 e. The van der Waals surface area contributed by atoms with Gasteiger partial charge < -0.3 is 14.2 Å². The molecule has 17 heavy (non-hydrogen) atoms. The molecule has 0 N–H and O–H groups in total. The molecule has 1 aliphatic rings. The second-order valence-corrected chi connectivity index (χ2v) is 4.86. The SMILES string of the molecule is CC(=O)OC1CC(C)OC(C)(c2cscn2)O1. The van der Waals surface area contributed by atoms with Gasteiger partial charge in [0.2, 0.25) is 12.1 Å². The predicted octanol–water partition coefficient (Wildman–Crippen LogP) is 2.03. The number of carbonyl (C=O) groups excluding carboxylic acids is 1. The number of hydrogen-bond acceptors (Lipinski definition) is 6. The summed E-state index contributed by atoms with van der Waals surface area (Å²) in [5.74, 6) is -1.30. The Labute approximate surface area is 104 Å². The first-order valence-corrected chi connectivity index (χ1v) is 6.35. The summed E-state index contributed by atoms with van der Waals surface area (Å²) in [5, 5.41) is 1.86. The highest BCUT2D eigenvalue weighted by atomic mass is 32.1. The average Bonchev–Trinajstić information content (AvgIpc) is 2.67. The fraction of sp³-hybridized carbons (Fsp3) is 0.636.